The molecule has 1 aliphatic carbocycles. The molecule has 94 valence electrons. The zero-order valence-electron chi connectivity index (χ0n) is 10.1. The van der Waals surface area contributed by atoms with E-state index in [1.807, 2.05) is 0 Å². The van der Waals surface area contributed by atoms with E-state index < -0.39 is 0 Å². The van der Waals surface area contributed by atoms with Gasteiger partial charge in [0.2, 0.25) is 5.88 Å². The molecule has 0 saturated heterocycles. The molecule has 0 aliphatic heterocycles. The van der Waals surface area contributed by atoms with Crippen molar-refractivity contribution in [2.45, 2.75) is 25.7 Å². The normalized spacial score (nSPS) is 18.0. The van der Waals surface area contributed by atoms with Crippen LogP contribution in [-0.2, 0) is 0 Å². The van der Waals surface area contributed by atoms with Gasteiger partial charge >= 0.3 is 0 Å². The average Bonchev–Trinajstić information content (AvgIpc) is 2.86. The van der Waals surface area contributed by atoms with E-state index >= 15 is 0 Å². The number of hydrogen-bond acceptors (Lipinski definition) is 4. The molecule has 0 bridgehead atoms. The summed E-state index contributed by atoms with van der Waals surface area (Å²) in [5.74, 6) is 1.99. The lowest BCUT2D eigenvalue weighted by Crippen LogP contribution is -2.28. The summed E-state index contributed by atoms with van der Waals surface area (Å²) < 4.78 is 5.04. The van der Waals surface area contributed by atoms with Gasteiger partial charge in [-0.15, -0.1) is 11.6 Å². The molecule has 1 fully saturated rings. The van der Waals surface area contributed by atoms with Crippen LogP contribution in [0.15, 0.2) is 12.4 Å². The van der Waals surface area contributed by atoms with Crippen LogP contribution >= 0.6 is 11.6 Å². The molecule has 0 amide bonds. The Kier molecular flexibility index (Phi) is 4.05. The van der Waals surface area contributed by atoms with Crippen LogP contribution in [0.5, 0.6) is 5.88 Å². The van der Waals surface area contributed by atoms with Gasteiger partial charge in [-0.1, -0.05) is 12.8 Å². The van der Waals surface area contributed by atoms with E-state index in [1.165, 1.54) is 25.7 Å². The quantitative estimate of drug-likeness (QED) is 0.822. The zero-order valence-corrected chi connectivity index (χ0v) is 10.8. The van der Waals surface area contributed by atoms with Gasteiger partial charge in [-0.05, 0) is 12.8 Å². The lowest BCUT2D eigenvalue weighted by atomic mass is 9.88. The summed E-state index contributed by atoms with van der Waals surface area (Å²) >= 11 is 6.09. The number of halogens is 1. The van der Waals surface area contributed by atoms with Gasteiger partial charge in [-0.2, -0.15) is 4.98 Å². The fourth-order valence-electron chi connectivity index (χ4n) is 2.29. The van der Waals surface area contributed by atoms with E-state index in [9.17, 15) is 0 Å². The molecule has 0 aromatic carbocycles. The van der Waals surface area contributed by atoms with Crippen LogP contribution in [0, 0.1) is 5.41 Å². The highest BCUT2D eigenvalue weighted by Crippen LogP contribution is 2.39. The summed E-state index contributed by atoms with van der Waals surface area (Å²) in [6.07, 6.45) is 8.25. The number of methoxy groups -OCH3 is 1. The van der Waals surface area contributed by atoms with E-state index in [1.54, 1.807) is 19.5 Å². The van der Waals surface area contributed by atoms with Crippen molar-refractivity contribution in [2.75, 3.05) is 24.9 Å². The van der Waals surface area contributed by atoms with Gasteiger partial charge in [-0.3, -0.25) is 4.98 Å². The summed E-state index contributed by atoms with van der Waals surface area (Å²) in [5, 5.41) is 3.32. The van der Waals surface area contributed by atoms with Gasteiger partial charge in [0.05, 0.1) is 19.5 Å². The summed E-state index contributed by atoms with van der Waals surface area (Å²) in [4.78, 5) is 8.34. The van der Waals surface area contributed by atoms with Crippen LogP contribution in [0.2, 0.25) is 0 Å². The van der Waals surface area contributed by atoms with Crippen molar-refractivity contribution in [2.24, 2.45) is 5.41 Å². The van der Waals surface area contributed by atoms with Gasteiger partial charge in [0.1, 0.15) is 5.82 Å². The van der Waals surface area contributed by atoms with Crippen molar-refractivity contribution in [1.29, 1.82) is 0 Å². The molecule has 4 nitrogen and oxygen atoms in total. The average molecular weight is 256 g/mol. The molecule has 17 heavy (non-hydrogen) atoms. The second-order valence-electron chi connectivity index (χ2n) is 4.64. The van der Waals surface area contributed by atoms with Crippen molar-refractivity contribution < 1.29 is 4.74 Å². The summed E-state index contributed by atoms with van der Waals surface area (Å²) in [5.41, 5.74) is 0.228. The molecular weight excluding hydrogens is 238 g/mol. The van der Waals surface area contributed by atoms with Crippen LogP contribution in [-0.4, -0.2) is 29.5 Å². The van der Waals surface area contributed by atoms with Gasteiger partial charge < -0.3 is 10.1 Å². The Bertz CT molecular complexity index is 367. The first-order chi connectivity index (χ1) is 8.28. The third-order valence-corrected chi connectivity index (χ3v) is 3.98. The van der Waals surface area contributed by atoms with Gasteiger partial charge in [-0.25, -0.2) is 0 Å². The monoisotopic (exact) mass is 255 g/mol. The van der Waals surface area contributed by atoms with E-state index in [0.717, 1.165) is 12.4 Å². The highest BCUT2D eigenvalue weighted by atomic mass is 35.5. The maximum atomic E-state index is 6.09. The summed E-state index contributed by atoms with van der Waals surface area (Å²) in [6, 6.07) is 0. The SMILES string of the molecule is COc1cncc(NCC2(CCl)CCCC2)n1. The second kappa shape index (κ2) is 5.54. The number of nitrogens with zero attached hydrogens (tertiary/aromatic N) is 2. The lowest BCUT2D eigenvalue weighted by molar-refractivity contribution is 0.367. The predicted octanol–water partition coefficient (Wildman–Crippen LogP) is 2.70. The highest BCUT2D eigenvalue weighted by molar-refractivity contribution is 6.18. The van der Waals surface area contributed by atoms with Crippen molar-refractivity contribution in [3.05, 3.63) is 12.4 Å². The smallest absolute Gasteiger partial charge is 0.233 e. The third kappa shape index (κ3) is 3.00. The van der Waals surface area contributed by atoms with Crippen molar-refractivity contribution in [3.8, 4) is 5.88 Å². The minimum absolute atomic E-state index is 0.228. The molecule has 1 aromatic heterocycles. The van der Waals surface area contributed by atoms with Crippen LogP contribution < -0.4 is 10.1 Å². The van der Waals surface area contributed by atoms with Crippen molar-refractivity contribution in [1.82, 2.24) is 9.97 Å². The minimum atomic E-state index is 0.228. The number of rotatable bonds is 5. The first kappa shape index (κ1) is 12.4. The Hall–Kier alpha value is -1.03. The largest absolute Gasteiger partial charge is 0.480 e. The fraction of sp³-hybridized carbons (Fsp3) is 0.667. The number of ether oxygens (including phenoxy) is 1. The third-order valence-electron chi connectivity index (χ3n) is 3.41. The number of hydrogen-bond donors (Lipinski definition) is 1. The van der Waals surface area contributed by atoms with E-state index in [4.69, 9.17) is 16.3 Å². The Morgan fingerprint density at radius 2 is 2.18 bits per heavy atom. The number of nitrogens with one attached hydrogen (secondary N) is 1. The Labute approximate surface area is 107 Å². The number of alkyl halides is 1. The first-order valence-electron chi connectivity index (χ1n) is 5.94. The maximum Gasteiger partial charge on any atom is 0.233 e. The van der Waals surface area contributed by atoms with Crippen molar-refractivity contribution >= 4 is 17.4 Å². The molecule has 1 aliphatic rings. The van der Waals surface area contributed by atoms with Gasteiger partial charge in [0.15, 0.2) is 0 Å². The topological polar surface area (TPSA) is 47.0 Å². The molecule has 0 radical (unpaired) electrons. The molecule has 0 unspecified atom stereocenters. The van der Waals surface area contributed by atoms with Crippen LogP contribution in [0.4, 0.5) is 5.82 Å². The molecular formula is C12H18ClN3O. The maximum absolute atomic E-state index is 6.09. The number of aromatic nitrogens is 2. The minimum Gasteiger partial charge on any atom is -0.480 e. The Morgan fingerprint density at radius 3 is 2.82 bits per heavy atom. The molecule has 1 heterocycles. The Morgan fingerprint density at radius 1 is 1.41 bits per heavy atom. The molecule has 1 N–H and O–H groups in total. The van der Waals surface area contributed by atoms with Crippen LogP contribution in [0.1, 0.15) is 25.7 Å². The van der Waals surface area contributed by atoms with Gasteiger partial charge in [0, 0.05) is 17.8 Å². The lowest BCUT2D eigenvalue weighted by Gasteiger charge is -2.26. The van der Waals surface area contributed by atoms with E-state index in [-0.39, 0.29) is 5.41 Å². The van der Waals surface area contributed by atoms with Crippen LogP contribution in [0.3, 0.4) is 0 Å². The van der Waals surface area contributed by atoms with E-state index in [0.29, 0.717) is 11.8 Å². The van der Waals surface area contributed by atoms with Crippen molar-refractivity contribution in [3.63, 3.8) is 0 Å². The van der Waals surface area contributed by atoms with E-state index in [2.05, 4.69) is 15.3 Å². The second-order valence-corrected chi connectivity index (χ2v) is 4.91. The fourth-order valence-corrected chi connectivity index (χ4v) is 2.65. The molecule has 1 aromatic rings. The standard InChI is InChI=1S/C12H18ClN3O/c1-17-11-7-14-6-10(16-11)15-9-12(8-13)4-2-3-5-12/h6-7H,2-5,8-9H2,1H3,(H,15,16). The zero-order chi connectivity index (χ0) is 12.1. The molecule has 0 spiro atoms. The summed E-state index contributed by atoms with van der Waals surface area (Å²) in [6.45, 7) is 0.859. The molecule has 2 rings (SSSR count). The van der Waals surface area contributed by atoms with Crippen LogP contribution in [0.25, 0.3) is 0 Å². The molecule has 1 saturated carbocycles. The summed E-state index contributed by atoms with van der Waals surface area (Å²) in [7, 11) is 1.59. The highest BCUT2D eigenvalue weighted by Gasteiger charge is 2.32. The van der Waals surface area contributed by atoms with Gasteiger partial charge in [0.25, 0.3) is 0 Å². The molecule has 0 atom stereocenters. The molecule has 5 heteroatoms. The Balaban J connectivity index is 1.96. The number of anilines is 1. The first-order valence-corrected chi connectivity index (χ1v) is 6.47. The predicted molar refractivity (Wildman–Crippen MR) is 68.7 cm³/mol.